The van der Waals surface area contributed by atoms with Crippen LogP contribution in [0.2, 0.25) is 0 Å². The summed E-state index contributed by atoms with van der Waals surface area (Å²) in [6.45, 7) is 0. The van der Waals surface area contributed by atoms with E-state index < -0.39 is 0 Å². The predicted octanol–water partition coefficient (Wildman–Crippen LogP) is 1.41. The van der Waals surface area contributed by atoms with Gasteiger partial charge in [0, 0.05) is 28.7 Å². The van der Waals surface area contributed by atoms with Crippen LogP contribution in [0.3, 0.4) is 0 Å². The van der Waals surface area contributed by atoms with E-state index in [1.807, 2.05) is 18.2 Å². The zero-order valence-corrected chi connectivity index (χ0v) is 9.03. The van der Waals surface area contributed by atoms with Crippen molar-refractivity contribution >= 4 is 0 Å². The molecule has 17 heavy (non-hydrogen) atoms. The summed E-state index contributed by atoms with van der Waals surface area (Å²) >= 11 is 0. The highest BCUT2D eigenvalue weighted by Crippen LogP contribution is 2.30. The van der Waals surface area contributed by atoms with Crippen molar-refractivity contribution in [2.24, 2.45) is 0 Å². The Kier molecular flexibility index (Phi) is 2.05. The van der Waals surface area contributed by atoms with Gasteiger partial charge in [0.25, 0.3) is 5.56 Å². The molecular formula is C13H9N3O. The molecule has 0 spiro atoms. The van der Waals surface area contributed by atoms with Crippen molar-refractivity contribution in [2.75, 3.05) is 0 Å². The van der Waals surface area contributed by atoms with Gasteiger partial charge in [0.15, 0.2) is 0 Å². The lowest BCUT2D eigenvalue weighted by atomic mass is 9.91. The van der Waals surface area contributed by atoms with Gasteiger partial charge in [-0.05, 0) is 25.0 Å². The monoisotopic (exact) mass is 223 g/mol. The fraction of sp³-hybridized carbons (Fsp3) is 0.154. The van der Waals surface area contributed by atoms with E-state index in [0.717, 1.165) is 35.4 Å². The number of hydrogen-bond donors (Lipinski definition) is 1. The van der Waals surface area contributed by atoms with Crippen molar-refractivity contribution in [1.29, 1.82) is 5.26 Å². The lowest BCUT2D eigenvalue weighted by Crippen LogP contribution is -2.17. The van der Waals surface area contributed by atoms with Crippen LogP contribution in [0.25, 0.3) is 11.1 Å². The second kappa shape index (κ2) is 3.56. The summed E-state index contributed by atoms with van der Waals surface area (Å²) in [7, 11) is 0. The van der Waals surface area contributed by atoms with Crippen molar-refractivity contribution in [2.45, 2.75) is 12.8 Å². The Bertz CT molecular complexity index is 695. The molecule has 4 nitrogen and oxygen atoms in total. The summed E-state index contributed by atoms with van der Waals surface area (Å²) in [5, 5.41) is 8.88. The molecule has 2 aromatic rings. The van der Waals surface area contributed by atoms with Crippen molar-refractivity contribution in [1.82, 2.24) is 9.97 Å². The third-order valence-electron chi connectivity index (χ3n) is 3.04. The average Bonchev–Trinajstić information content (AvgIpc) is 2.37. The van der Waals surface area contributed by atoms with Crippen molar-refractivity contribution < 1.29 is 0 Å². The first-order valence-electron chi connectivity index (χ1n) is 5.40. The van der Waals surface area contributed by atoms with Crippen molar-refractivity contribution in [3.05, 3.63) is 51.7 Å². The van der Waals surface area contributed by atoms with E-state index in [4.69, 9.17) is 5.26 Å². The van der Waals surface area contributed by atoms with Gasteiger partial charge in [0.2, 0.25) is 0 Å². The number of nitrogens with zero attached hydrogens (tertiary/aromatic N) is 2. The molecule has 4 heteroatoms. The topological polar surface area (TPSA) is 69.5 Å². The zero-order chi connectivity index (χ0) is 11.8. The molecule has 1 N–H and O–H groups in total. The number of pyridine rings is 2. The van der Waals surface area contributed by atoms with E-state index in [1.165, 1.54) is 0 Å². The second-order valence-corrected chi connectivity index (χ2v) is 4.01. The molecule has 0 amide bonds. The molecule has 0 saturated carbocycles. The molecule has 3 rings (SSSR count). The van der Waals surface area contributed by atoms with Gasteiger partial charge in [-0.15, -0.1) is 0 Å². The number of aromatic nitrogens is 2. The van der Waals surface area contributed by atoms with Crippen LogP contribution in [0.4, 0.5) is 0 Å². The highest BCUT2D eigenvalue weighted by atomic mass is 16.1. The first-order chi connectivity index (χ1) is 8.29. The highest BCUT2D eigenvalue weighted by Gasteiger charge is 2.18. The van der Waals surface area contributed by atoms with Gasteiger partial charge >= 0.3 is 0 Å². The van der Waals surface area contributed by atoms with E-state index in [9.17, 15) is 4.79 Å². The minimum Gasteiger partial charge on any atom is -0.324 e. The summed E-state index contributed by atoms with van der Waals surface area (Å²) in [6, 6.07) is 7.41. The Labute approximate surface area is 97.6 Å². The molecule has 0 fully saturated rings. The van der Waals surface area contributed by atoms with Crippen LogP contribution in [0.15, 0.2) is 29.2 Å². The second-order valence-electron chi connectivity index (χ2n) is 4.01. The number of aromatic amines is 1. The molecule has 0 atom stereocenters. The van der Waals surface area contributed by atoms with Gasteiger partial charge in [-0.1, -0.05) is 6.07 Å². The summed E-state index contributed by atoms with van der Waals surface area (Å²) < 4.78 is 0. The summed E-state index contributed by atoms with van der Waals surface area (Å²) in [5.41, 5.74) is 3.71. The largest absolute Gasteiger partial charge is 0.324 e. The number of fused-ring (bicyclic) bond motifs is 3. The quantitative estimate of drug-likeness (QED) is 0.734. The smallest absolute Gasteiger partial charge is 0.266 e. The number of hydrogen-bond acceptors (Lipinski definition) is 3. The van der Waals surface area contributed by atoms with Gasteiger partial charge in [0.05, 0.1) is 0 Å². The van der Waals surface area contributed by atoms with Gasteiger partial charge < -0.3 is 4.98 Å². The number of H-pyrrole nitrogens is 1. The van der Waals surface area contributed by atoms with Crippen LogP contribution in [0.1, 0.15) is 17.0 Å². The van der Waals surface area contributed by atoms with Crippen molar-refractivity contribution in [3.8, 4) is 17.2 Å². The Morgan fingerprint density at radius 1 is 1.35 bits per heavy atom. The van der Waals surface area contributed by atoms with Crippen LogP contribution in [-0.2, 0) is 12.8 Å². The molecule has 82 valence electrons. The Morgan fingerprint density at radius 3 is 3.06 bits per heavy atom. The number of nitrogens with one attached hydrogen (secondary N) is 1. The highest BCUT2D eigenvalue weighted by molar-refractivity contribution is 5.71. The number of nitriles is 1. The maximum atomic E-state index is 11.5. The predicted molar refractivity (Wildman–Crippen MR) is 62.4 cm³/mol. The van der Waals surface area contributed by atoms with E-state index in [-0.39, 0.29) is 11.1 Å². The number of rotatable bonds is 0. The summed E-state index contributed by atoms with van der Waals surface area (Å²) in [6.07, 6.45) is 3.35. The number of aryl methyl sites for hydroxylation is 2. The first-order valence-corrected chi connectivity index (χ1v) is 5.40. The van der Waals surface area contributed by atoms with Gasteiger partial charge in [-0.2, -0.15) is 5.26 Å². The van der Waals surface area contributed by atoms with Gasteiger partial charge in [-0.25, -0.2) is 0 Å². The molecule has 1 aliphatic rings. The van der Waals surface area contributed by atoms with Crippen LogP contribution >= 0.6 is 0 Å². The third-order valence-corrected chi connectivity index (χ3v) is 3.04. The third kappa shape index (κ3) is 1.44. The SMILES string of the molecule is N#Cc1cc2c([nH]c1=O)CCc1ncccc1-2. The molecular weight excluding hydrogens is 214 g/mol. The van der Waals surface area contributed by atoms with Gasteiger partial charge in [0.1, 0.15) is 11.6 Å². The minimum absolute atomic E-state index is 0.153. The van der Waals surface area contributed by atoms with Crippen molar-refractivity contribution in [3.63, 3.8) is 0 Å². The summed E-state index contributed by atoms with van der Waals surface area (Å²) in [5.74, 6) is 0. The average molecular weight is 223 g/mol. The Morgan fingerprint density at radius 2 is 2.24 bits per heavy atom. The molecule has 2 heterocycles. The van der Waals surface area contributed by atoms with Crippen LogP contribution in [-0.4, -0.2) is 9.97 Å². The maximum absolute atomic E-state index is 11.5. The molecule has 0 bridgehead atoms. The minimum atomic E-state index is -0.307. The van der Waals surface area contributed by atoms with Crippen LogP contribution < -0.4 is 5.56 Å². The first kappa shape index (κ1) is 9.79. The van der Waals surface area contributed by atoms with E-state index in [1.54, 1.807) is 12.3 Å². The molecule has 0 radical (unpaired) electrons. The molecule has 0 saturated heterocycles. The van der Waals surface area contributed by atoms with Gasteiger partial charge in [-0.3, -0.25) is 9.78 Å². The normalized spacial score (nSPS) is 12.4. The molecule has 2 aromatic heterocycles. The van der Waals surface area contributed by atoms with E-state index in [0.29, 0.717) is 0 Å². The lowest BCUT2D eigenvalue weighted by molar-refractivity contribution is 0.854. The van der Waals surface area contributed by atoms with Crippen LogP contribution in [0, 0.1) is 11.3 Å². The van der Waals surface area contributed by atoms with E-state index in [2.05, 4.69) is 9.97 Å². The summed E-state index contributed by atoms with van der Waals surface area (Å²) in [4.78, 5) is 18.6. The molecule has 1 aliphatic carbocycles. The van der Waals surface area contributed by atoms with E-state index >= 15 is 0 Å². The van der Waals surface area contributed by atoms with Crippen LogP contribution in [0.5, 0.6) is 0 Å². The Balaban J connectivity index is 2.32. The molecule has 0 aliphatic heterocycles. The molecule has 0 unspecified atom stereocenters. The maximum Gasteiger partial charge on any atom is 0.266 e. The zero-order valence-electron chi connectivity index (χ0n) is 9.03. The fourth-order valence-electron chi connectivity index (χ4n) is 2.22. The standard InChI is InChI=1S/C13H9N3O/c14-7-8-6-10-9-2-1-5-15-11(9)3-4-12(10)16-13(8)17/h1-2,5-6H,3-4H2,(H,16,17). The fourth-order valence-corrected chi connectivity index (χ4v) is 2.22. The Hall–Kier alpha value is -2.41. The lowest BCUT2D eigenvalue weighted by Gasteiger charge is -2.18. The molecule has 0 aromatic carbocycles.